The first-order chi connectivity index (χ1) is 35.9. The van der Waals surface area contributed by atoms with Crippen molar-refractivity contribution in [3.63, 3.8) is 0 Å². The fourth-order valence-corrected chi connectivity index (χ4v) is 17.2. The van der Waals surface area contributed by atoms with Crippen LogP contribution >= 0.6 is 0 Å². The summed E-state index contributed by atoms with van der Waals surface area (Å²) in [5.74, 6) is 2.92. The Morgan fingerprint density at radius 2 is 0.986 bits per heavy atom. The van der Waals surface area contributed by atoms with Crippen LogP contribution in [0.15, 0.2) is 218 Å². The van der Waals surface area contributed by atoms with Gasteiger partial charge >= 0.3 is 0 Å². The maximum absolute atomic E-state index is 2.74. The van der Waals surface area contributed by atoms with Gasteiger partial charge in [-0.3, -0.25) is 0 Å². The lowest BCUT2D eigenvalue weighted by atomic mass is 9.48. The molecule has 0 saturated heterocycles. The summed E-state index contributed by atoms with van der Waals surface area (Å²) in [5, 5.41) is 2.55. The molecule has 0 radical (unpaired) electrons. The fourth-order valence-electron chi connectivity index (χ4n) is 17.2. The maximum atomic E-state index is 2.74. The first-order valence-corrected chi connectivity index (χ1v) is 27.3. The lowest BCUT2D eigenvalue weighted by molar-refractivity contribution is -0.00520. The second kappa shape index (κ2) is 15.3. The van der Waals surface area contributed by atoms with Gasteiger partial charge in [0, 0.05) is 28.3 Å². The Morgan fingerprint density at radius 3 is 1.66 bits per heavy atom. The number of nitrogens with zero attached hydrogens (tertiary/aromatic N) is 1. The molecule has 4 saturated carbocycles. The van der Waals surface area contributed by atoms with Crippen LogP contribution in [0.1, 0.15) is 97.7 Å². The molecule has 0 N–H and O–H groups in total. The number of hydrogen-bond donors (Lipinski definition) is 0. The number of anilines is 2. The first kappa shape index (κ1) is 42.1. The zero-order valence-electron chi connectivity index (χ0n) is 41.9. The zero-order valence-corrected chi connectivity index (χ0v) is 41.9. The van der Waals surface area contributed by atoms with Gasteiger partial charge < -0.3 is 4.90 Å². The summed E-state index contributed by atoms with van der Waals surface area (Å²) in [4.78, 5) is 2.66. The van der Waals surface area contributed by atoms with Crippen LogP contribution in [0.4, 0.5) is 11.4 Å². The molecule has 0 aliphatic heterocycles. The first-order valence-electron chi connectivity index (χ1n) is 27.3. The number of fused-ring (bicyclic) bond motifs is 14. The standard InChI is InChI=1S/C72H59N/c1-70(2)61-24-9-8-21-59(61)69-65(70)27-14-28-67(69)73(52-32-29-49(30-33-52)55-23-13-18-50-17-12-22-54(68(50)55)48-15-4-3-5-16-48)53-34-35-58-60-40-51(71-42-45-37-46(43-71)39-47(38-45)44-71)31-36-64(60)72(66(58)41-53)62-25-10-6-19-56(62)57-20-7-11-26-63(57)72/h3-36,40,45-47,66H,37-39,41-44H2,1-2H3. The van der Waals surface area contributed by atoms with Crippen molar-refractivity contribution in [2.75, 3.05) is 4.90 Å². The molecule has 8 aliphatic carbocycles. The average Bonchev–Trinajstić information content (AvgIpc) is 4.00. The highest BCUT2D eigenvalue weighted by atomic mass is 15.2. The molecule has 0 heterocycles. The van der Waals surface area contributed by atoms with E-state index in [0.29, 0.717) is 5.41 Å². The van der Waals surface area contributed by atoms with Crippen molar-refractivity contribution < 1.29 is 0 Å². The smallest absolute Gasteiger partial charge is 0.0541 e. The van der Waals surface area contributed by atoms with Crippen LogP contribution in [-0.2, 0) is 16.2 Å². The van der Waals surface area contributed by atoms with Crippen molar-refractivity contribution in [3.8, 4) is 44.5 Å². The van der Waals surface area contributed by atoms with Gasteiger partial charge in [-0.1, -0.05) is 202 Å². The lowest BCUT2D eigenvalue weighted by Crippen LogP contribution is -2.48. The van der Waals surface area contributed by atoms with Crippen molar-refractivity contribution >= 4 is 27.7 Å². The lowest BCUT2D eigenvalue weighted by Gasteiger charge is -2.57. The molecular weight excluding hydrogens is 879 g/mol. The van der Waals surface area contributed by atoms with Gasteiger partial charge in [-0.15, -0.1) is 0 Å². The van der Waals surface area contributed by atoms with Crippen molar-refractivity contribution in [2.45, 2.75) is 75.0 Å². The molecule has 1 heteroatoms. The fraction of sp³-hybridized carbons (Fsp3) is 0.222. The number of allylic oxidation sites excluding steroid dienone is 4. The normalized spacial score (nSPS) is 23.5. The minimum atomic E-state index is -0.318. The van der Waals surface area contributed by atoms with E-state index in [1.807, 2.05) is 0 Å². The van der Waals surface area contributed by atoms with Gasteiger partial charge in [-0.25, -0.2) is 0 Å². The number of benzene rings is 9. The van der Waals surface area contributed by atoms with Gasteiger partial charge in [-0.05, 0) is 187 Å². The molecule has 4 fully saturated rings. The zero-order chi connectivity index (χ0) is 48.2. The largest absolute Gasteiger partial charge is 0.314 e. The molecule has 352 valence electrons. The Morgan fingerprint density at radius 1 is 0.438 bits per heavy atom. The molecule has 1 spiro atoms. The molecule has 8 aliphatic rings. The molecule has 9 aromatic rings. The van der Waals surface area contributed by atoms with E-state index in [1.54, 1.807) is 5.56 Å². The van der Waals surface area contributed by atoms with E-state index in [4.69, 9.17) is 0 Å². The SMILES string of the molecule is CC1(C)c2ccccc2-c2c(N(C3=CC=C4c5cc(C67CC8CC(CC(C8)C6)C7)ccc5C5(c6ccccc6-c6ccccc65)C4C3)c3ccc(-c4cccc5cccc(-c6ccccc6)c45)cc3)cccc21. The Balaban J connectivity index is 0.900. The van der Waals surface area contributed by atoms with Gasteiger partial charge in [0.15, 0.2) is 0 Å². The van der Waals surface area contributed by atoms with Crippen molar-refractivity contribution in [1.82, 2.24) is 0 Å². The molecule has 9 aromatic carbocycles. The average molecular weight is 938 g/mol. The van der Waals surface area contributed by atoms with Gasteiger partial charge in [-0.2, -0.15) is 0 Å². The Bertz CT molecular complexity index is 3760. The summed E-state index contributed by atoms with van der Waals surface area (Å²) in [6.07, 6.45) is 14.5. The predicted octanol–water partition coefficient (Wildman–Crippen LogP) is 18.4. The van der Waals surface area contributed by atoms with Crippen molar-refractivity contribution in [3.05, 3.63) is 257 Å². The van der Waals surface area contributed by atoms with Gasteiger partial charge in [0.2, 0.25) is 0 Å². The number of rotatable bonds is 6. The molecule has 1 nitrogen and oxygen atoms in total. The van der Waals surface area contributed by atoms with Crippen LogP contribution in [0, 0.1) is 23.7 Å². The maximum Gasteiger partial charge on any atom is 0.0541 e. The van der Waals surface area contributed by atoms with Gasteiger partial charge in [0.1, 0.15) is 0 Å². The van der Waals surface area contributed by atoms with Crippen LogP contribution in [0.2, 0.25) is 0 Å². The third kappa shape index (κ3) is 5.80. The third-order valence-corrected chi connectivity index (χ3v) is 19.7. The molecule has 0 aromatic heterocycles. The summed E-state index contributed by atoms with van der Waals surface area (Å²) in [6.45, 7) is 4.82. The van der Waals surface area contributed by atoms with Gasteiger partial charge in [0.25, 0.3) is 0 Å². The van der Waals surface area contributed by atoms with E-state index in [2.05, 4.69) is 231 Å². The van der Waals surface area contributed by atoms with Crippen LogP contribution in [0.5, 0.6) is 0 Å². The molecule has 0 amide bonds. The topological polar surface area (TPSA) is 3.24 Å². The summed E-state index contributed by atoms with van der Waals surface area (Å²) in [5.41, 5.74) is 26.0. The minimum Gasteiger partial charge on any atom is -0.314 e. The van der Waals surface area contributed by atoms with Crippen LogP contribution < -0.4 is 4.90 Å². The molecule has 1 atom stereocenters. The van der Waals surface area contributed by atoms with E-state index in [0.717, 1.165) is 24.2 Å². The predicted molar refractivity (Wildman–Crippen MR) is 303 cm³/mol. The van der Waals surface area contributed by atoms with Crippen molar-refractivity contribution in [2.24, 2.45) is 23.7 Å². The highest BCUT2D eigenvalue weighted by Gasteiger charge is 2.58. The molecule has 4 bridgehead atoms. The Labute approximate surface area is 430 Å². The second-order valence-electron chi connectivity index (χ2n) is 23.7. The van der Waals surface area contributed by atoms with E-state index < -0.39 is 0 Å². The van der Waals surface area contributed by atoms with E-state index in [1.165, 1.54) is 150 Å². The third-order valence-electron chi connectivity index (χ3n) is 19.7. The quantitative estimate of drug-likeness (QED) is 0.161. The van der Waals surface area contributed by atoms with E-state index in [9.17, 15) is 0 Å². The molecular formula is C72H59N. The summed E-state index contributed by atoms with van der Waals surface area (Å²) in [7, 11) is 0. The number of hydrogen-bond acceptors (Lipinski definition) is 1. The molecule has 73 heavy (non-hydrogen) atoms. The minimum absolute atomic E-state index is 0.126. The molecule has 17 rings (SSSR count). The summed E-state index contributed by atoms with van der Waals surface area (Å²) >= 11 is 0. The molecule has 1 unspecified atom stereocenters. The van der Waals surface area contributed by atoms with Crippen LogP contribution in [0.25, 0.3) is 60.9 Å². The highest BCUT2D eigenvalue weighted by molar-refractivity contribution is 6.06. The Kier molecular flexibility index (Phi) is 8.81. The highest BCUT2D eigenvalue weighted by Crippen LogP contribution is 2.68. The monoisotopic (exact) mass is 937 g/mol. The summed E-state index contributed by atoms with van der Waals surface area (Å²) < 4.78 is 0. The van der Waals surface area contributed by atoms with Crippen molar-refractivity contribution in [1.29, 1.82) is 0 Å². The summed E-state index contributed by atoms with van der Waals surface area (Å²) in [6, 6.07) is 77.1. The van der Waals surface area contributed by atoms with Crippen LogP contribution in [-0.4, -0.2) is 0 Å². The van der Waals surface area contributed by atoms with E-state index in [-0.39, 0.29) is 16.7 Å². The Hall–Kier alpha value is -7.48. The second-order valence-corrected chi connectivity index (χ2v) is 23.7. The van der Waals surface area contributed by atoms with E-state index >= 15 is 0 Å². The van der Waals surface area contributed by atoms with Gasteiger partial charge in [0.05, 0.1) is 11.1 Å². The van der Waals surface area contributed by atoms with Crippen LogP contribution in [0.3, 0.4) is 0 Å².